The first-order valence-electron chi connectivity index (χ1n) is 9.06. The van der Waals surface area contributed by atoms with Crippen molar-refractivity contribution in [3.8, 4) is 0 Å². The number of piperidine rings is 1. The van der Waals surface area contributed by atoms with Crippen molar-refractivity contribution in [2.45, 2.75) is 51.4 Å². The summed E-state index contributed by atoms with van der Waals surface area (Å²) in [6.45, 7) is 6.67. The highest BCUT2D eigenvalue weighted by atomic mass is 16.5. The molecule has 0 saturated carbocycles. The molecule has 0 aromatic carbocycles. The average molecular weight is 349 g/mol. The predicted octanol–water partition coefficient (Wildman–Crippen LogP) is 2.09. The minimum Gasteiger partial charge on any atom is -0.459 e. The Morgan fingerprint density at radius 3 is 2.56 bits per heavy atom. The van der Waals surface area contributed by atoms with Crippen LogP contribution in [0.3, 0.4) is 0 Å². The Hall–Kier alpha value is -2.02. The van der Waals surface area contributed by atoms with Crippen LogP contribution in [0.2, 0.25) is 0 Å². The third-order valence-electron chi connectivity index (χ3n) is 4.74. The minimum atomic E-state index is -0.0806. The molecule has 3 amide bonds. The summed E-state index contributed by atoms with van der Waals surface area (Å²) < 4.78 is 10.9. The van der Waals surface area contributed by atoms with Crippen LogP contribution in [0.15, 0.2) is 22.8 Å². The molecule has 2 aliphatic heterocycles. The maximum atomic E-state index is 12.4. The van der Waals surface area contributed by atoms with E-state index in [0.717, 1.165) is 25.8 Å². The summed E-state index contributed by atoms with van der Waals surface area (Å²) in [6.07, 6.45) is 4.24. The van der Waals surface area contributed by atoms with Crippen molar-refractivity contribution < 1.29 is 18.7 Å². The third-order valence-corrected chi connectivity index (χ3v) is 4.74. The fourth-order valence-electron chi connectivity index (χ4n) is 3.46. The zero-order valence-electron chi connectivity index (χ0n) is 14.9. The van der Waals surface area contributed by atoms with Crippen LogP contribution in [-0.4, -0.2) is 66.2 Å². The zero-order valence-corrected chi connectivity index (χ0v) is 14.9. The quantitative estimate of drug-likeness (QED) is 0.903. The van der Waals surface area contributed by atoms with Gasteiger partial charge in [0.1, 0.15) is 0 Å². The van der Waals surface area contributed by atoms with Crippen LogP contribution in [0, 0.1) is 0 Å². The van der Waals surface area contributed by atoms with Crippen molar-refractivity contribution in [3.05, 3.63) is 24.2 Å². The number of likely N-dealkylation sites (tertiary alicyclic amines) is 2. The lowest BCUT2D eigenvalue weighted by Crippen LogP contribution is -2.50. The number of carbonyl (C=O) groups is 2. The summed E-state index contributed by atoms with van der Waals surface area (Å²) in [6, 6.07) is 3.48. The number of nitrogens with zero attached hydrogens (tertiary/aromatic N) is 2. The van der Waals surface area contributed by atoms with Crippen LogP contribution in [0.4, 0.5) is 4.79 Å². The van der Waals surface area contributed by atoms with E-state index in [2.05, 4.69) is 5.32 Å². The predicted molar refractivity (Wildman–Crippen MR) is 92.4 cm³/mol. The van der Waals surface area contributed by atoms with Gasteiger partial charge in [-0.1, -0.05) is 0 Å². The normalized spacial score (nSPS) is 21.8. The van der Waals surface area contributed by atoms with Gasteiger partial charge in [-0.2, -0.15) is 0 Å². The fraction of sp³-hybridized carbons (Fsp3) is 0.667. The van der Waals surface area contributed by atoms with Crippen LogP contribution in [-0.2, 0) is 4.74 Å². The summed E-state index contributed by atoms with van der Waals surface area (Å²) in [7, 11) is 0. The Kier molecular flexibility index (Phi) is 5.63. The maximum Gasteiger partial charge on any atom is 0.317 e. The Morgan fingerprint density at radius 1 is 1.20 bits per heavy atom. The molecule has 2 fully saturated rings. The lowest BCUT2D eigenvalue weighted by molar-refractivity contribution is 0.0156. The second-order valence-electron chi connectivity index (χ2n) is 7.03. The third kappa shape index (κ3) is 4.54. The van der Waals surface area contributed by atoms with E-state index in [4.69, 9.17) is 9.15 Å². The Balaban J connectivity index is 1.42. The molecule has 0 bridgehead atoms. The first-order chi connectivity index (χ1) is 12.0. The SMILES string of the molecule is CC(C)O[C@@H]1CCN(C(=O)NC2CCN(C(=O)c3ccco3)CC2)C1. The molecule has 1 atom stereocenters. The van der Waals surface area contributed by atoms with Crippen molar-refractivity contribution >= 4 is 11.9 Å². The van der Waals surface area contributed by atoms with E-state index < -0.39 is 0 Å². The van der Waals surface area contributed by atoms with E-state index in [9.17, 15) is 9.59 Å². The van der Waals surface area contributed by atoms with Crippen molar-refractivity contribution in [2.75, 3.05) is 26.2 Å². The molecule has 3 rings (SSSR count). The molecule has 2 saturated heterocycles. The molecule has 0 radical (unpaired) electrons. The number of hydrogen-bond acceptors (Lipinski definition) is 4. The van der Waals surface area contributed by atoms with Gasteiger partial charge in [-0.05, 0) is 45.2 Å². The van der Waals surface area contributed by atoms with Crippen molar-refractivity contribution in [1.29, 1.82) is 0 Å². The van der Waals surface area contributed by atoms with Crippen molar-refractivity contribution in [3.63, 3.8) is 0 Å². The molecule has 1 aromatic heterocycles. The number of rotatable bonds is 4. The number of hydrogen-bond donors (Lipinski definition) is 1. The zero-order chi connectivity index (χ0) is 17.8. The van der Waals surface area contributed by atoms with Crippen LogP contribution < -0.4 is 5.32 Å². The maximum absolute atomic E-state index is 12.4. The summed E-state index contributed by atoms with van der Waals surface area (Å²) >= 11 is 0. The van der Waals surface area contributed by atoms with Crippen LogP contribution in [0.5, 0.6) is 0 Å². The molecule has 2 aliphatic rings. The van der Waals surface area contributed by atoms with Crippen LogP contribution in [0.1, 0.15) is 43.7 Å². The summed E-state index contributed by atoms with van der Waals surface area (Å²) in [5, 5.41) is 3.10. The molecule has 7 nitrogen and oxygen atoms in total. The number of ether oxygens (including phenoxy) is 1. The smallest absolute Gasteiger partial charge is 0.317 e. The second kappa shape index (κ2) is 7.91. The van der Waals surface area contributed by atoms with E-state index in [1.807, 2.05) is 18.7 Å². The molecule has 1 aromatic rings. The molecule has 7 heteroatoms. The number of carbonyl (C=O) groups excluding carboxylic acids is 2. The largest absolute Gasteiger partial charge is 0.459 e. The molecule has 138 valence electrons. The number of nitrogens with one attached hydrogen (secondary N) is 1. The van der Waals surface area contributed by atoms with Gasteiger partial charge >= 0.3 is 6.03 Å². The molecule has 0 aliphatic carbocycles. The van der Waals surface area contributed by atoms with Gasteiger partial charge in [0.2, 0.25) is 0 Å². The van der Waals surface area contributed by atoms with Gasteiger partial charge in [0.15, 0.2) is 5.76 Å². The number of amides is 3. The molecular formula is C18H27N3O4. The van der Waals surface area contributed by atoms with E-state index in [1.54, 1.807) is 17.0 Å². The minimum absolute atomic E-state index is 0.0225. The Labute approximate surface area is 148 Å². The average Bonchev–Trinajstić information content (AvgIpc) is 3.26. The van der Waals surface area contributed by atoms with Crippen molar-refractivity contribution in [1.82, 2.24) is 15.1 Å². The molecule has 0 unspecified atom stereocenters. The van der Waals surface area contributed by atoms with Crippen molar-refractivity contribution in [2.24, 2.45) is 0 Å². The summed E-state index contributed by atoms with van der Waals surface area (Å²) in [4.78, 5) is 28.3. The van der Waals surface area contributed by atoms with Gasteiger partial charge in [-0.25, -0.2) is 4.79 Å². The lowest BCUT2D eigenvalue weighted by atomic mass is 10.0. The highest BCUT2D eigenvalue weighted by Gasteiger charge is 2.30. The highest BCUT2D eigenvalue weighted by molar-refractivity contribution is 5.91. The van der Waals surface area contributed by atoms with E-state index in [0.29, 0.717) is 25.4 Å². The molecule has 3 heterocycles. The topological polar surface area (TPSA) is 75.0 Å². The lowest BCUT2D eigenvalue weighted by Gasteiger charge is -2.32. The fourth-order valence-corrected chi connectivity index (χ4v) is 3.46. The first-order valence-corrected chi connectivity index (χ1v) is 9.06. The standard InChI is InChI=1S/C18H27N3O4/c1-13(2)25-15-7-10-21(12-15)18(23)19-14-5-8-20(9-6-14)17(22)16-4-3-11-24-16/h3-4,11,13-15H,5-10,12H2,1-2H3,(H,19,23)/t15-/m1/s1. The van der Waals surface area contributed by atoms with Gasteiger partial charge in [0.05, 0.1) is 18.5 Å². The molecule has 25 heavy (non-hydrogen) atoms. The molecule has 1 N–H and O–H groups in total. The van der Waals surface area contributed by atoms with Crippen LogP contribution >= 0.6 is 0 Å². The summed E-state index contributed by atoms with van der Waals surface area (Å²) in [5.74, 6) is 0.291. The van der Waals surface area contributed by atoms with Crippen LogP contribution in [0.25, 0.3) is 0 Å². The van der Waals surface area contributed by atoms with Gasteiger partial charge < -0.3 is 24.3 Å². The Morgan fingerprint density at radius 2 is 1.92 bits per heavy atom. The van der Waals surface area contributed by atoms with E-state index in [1.165, 1.54) is 6.26 Å². The van der Waals surface area contributed by atoms with E-state index >= 15 is 0 Å². The van der Waals surface area contributed by atoms with Gasteiger partial charge in [-0.3, -0.25) is 4.79 Å². The highest BCUT2D eigenvalue weighted by Crippen LogP contribution is 2.17. The Bertz CT molecular complexity index is 579. The molecule has 0 spiro atoms. The summed E-state index contributed by atoms with van der Waals surface area (Å²) in [5.41, 5.74) is 0. The second-order valence-corrected chi connectivity index (χ2v) is 7.03. The van der Waals surface area contributed by atoms with Gasteiger partial charge in [0, 0.05) is 32.2 Å². The number of urea groups is 1. The number of furan rings is 1. The van der Waals surface area contributed by atoms with Gasteiger partial charge in [0.25, 0.3) is 5.91 Å². The van der Waals surface area contributed by atoms with Gasteiger partial charge in [-0.15, -0.1) is 0 Å². The first kappa shape index (κ1) is 17.8. The van der Waals surface area contributed by atoms with E-state index in [-0.39, 0.29) is 30.2 Å². The molecular weight excluding hydrogens is 322 g/mol. The monoisotopic (exact) mass is 349 g/mol.